The van der Waals surface area contributed by atoms with Crippen molar-refractivity contribution in [3.05, 3.63) is 28.7 Å². The Hall–Kier alpha value is -1.75. The number of nitrogens with one attached hydrogen (secondary N) is 1. The lowest BCUT2D eigenvalue weighted by Gasteiger charge is -2.10. The molecule has 0 amide bonds. The molecule has 5 heteroatoms. The van der Waals surface area contributed by atoms with Gasteiger partial charge in [0.2, 0.25) is 0 Å². The third-order valence-corrected chi connectivity index (χ3v) is 3.21. The van der Waals surface area contributed by atoms with Gasteiger partial charge in [0.1, 0.15) is 0 Å². The second-order valence-electron chi connectivity index (χ2n) is 4.45. The smallest absolute Gasteiger partial charge is 0.326 e. The van der Waals surface area contributed by atoms with E-state index < -0.39 is 0 Å². The molecule has 3 N–H and O–H groups in total. The fourth-order valence-corrected chi connectivity index (χ4v) is 2.35. The molecule has 1 unspecified atom stereocenters. The lowest BCUT2D eigenvalue weighted by molar-refractivity contribution is 0.0972. The highest BCUT2D eigenvalue weighted by atomic mass is 16.5. The van der Waals surface area contributed by atoms with Crippen LogP contribution < -0.4 is 11.4 Å². The zero-order chi connectivity index (χ0) is 11.8. The van der Waals surface area contributed by atoms with Crippen LogP contribution in [0.25, 0.3) is 11.0 Å². The highest BCUT2D eigenvalue weighted by Crippen LogP contribution is 2.18. The van der Waals surface area contributed by atoms with Crippen molar-refractivity contribution in [3.63, 3.8) is 0 Å². The van der Waals surface area contributed by atoms with Gasteiger partial charge in [-0.3, -0.25) is 4.57 Å². The molecule has 1 fully saturated rings. The molecule has 3 rings (SSSR count). The van der Waals surface area contributed by atoms with Crippen molar-refractivity contribution in [2.75, 3.05) is 12.3 Å². The molecule has 0 bridgehead atoms. The fourth-order valence-electron chi connectivity index (χ4n) is 2.35. The molecule has 90 valence electrons. The summed E-state index contributed by atoms with van der Waals surface area (Å²) in [4.78, 5) is 14.7. The summed E-state index contributed by atoms with van der Waals surface area (Å²) in [5, 5.41) is 0. The predicted octanol–water partition coefficient (Wildman–Crippen LogP) is 1.09. The largest absolute Gasteiger partial charge is 0.399 e. The number of imidazole rings is 1. The van der Waals surface area contributed by atoms with Crippen molar-refractivity contribution in [2.45, 2.75) is 25.5 Å². The second-order valence-corrected chi connectivity index (χ2v) is 4.45. The molecular formula is C12H15N3O2. The van der Waals surface area contributed by atoms with Gasteiger partial charge in [0, 0.05) is 12.3 Å². The number of hydrogen-bond acceptors (Lipinski definition) is 3. The number of nitrogens with zero attached hydrogens (tertiary/aromatic N) is 1. The Balaban J connectivity index is 2.02. The van der Waals surface area contributed by atoms with E-state index in [4.69, 9.17) is 10.5 Å². The first kappa shape index (κ1) is 10.4. The minimum absolute atomic E-state index is 0.0962. The van der Waals surface area contributed by atoms with Crippen LogP contribution in [0.15, 0.2) is 23.0 Å². The Kier molecular flexibility index (Phi) is 2.40. The number of rotatable bonds is 2. The van der Waals surface area contributed by atoms with E-state index in [0.29, 0.717) is 12.2 Å². The Morgan fingerprint density at radius 2 is 2.41 bits per heavy atom. The lowest BCUT2D eigenvalue weighted by atomic mass is 10.2. The van der Waals surface area contributed by atoms with Gasteiger partial charge in [-0.1, -0.05) is 0 Å². The van der Waals surface area contributed by atoms with Crippen molar-refractivity contribution in [1.82, 2.24) is 9.55 Å². The van der Waals surface area contributed by atoms with E-state index in [0.717, 1.165) is 30.5 Å². The van der Waals surface area contributed by atoms with Crippen molar-refractivity contribution in [1.29, 1.82) is 0 Å². The molecule has 1 atom stereocenters. The number of benzene rings is 1. The second kappa shape index (κ2) is 3.92. The Morgan fingerprint density at radius 3 is 3.18 bits per heavy atom. The van der Waals surface area contributed by atoms with Gasteiger partial charge in [-0.2, -0.15) is 0 Å². The summed E-state index contributed by atoms with van der Waals surface area (Å²) in [5.41, 5.74) is 7.92. The van der Waals surface area contributed by atoms with Gasteiger partial charge in [0.15, 0.2) is 0 Å². The van der Waals surface area contributed by atoms with Gasteiger partial charge in [0.05, 0.1) is 23.7 Å². The van der Waals surface area contributed by atoms with Crippen LogP contribution in [-0.4, -0.2) is 22.3 Å². The van der Waals surface area contributed by atoms with Gasteiger partial charge in [0.25, 0.3) is 0 Å². The highest BCUT2D eigenvalue weighted by molar-refractivity contribution is 5.78. The van der Waals surface area contributed by atoms with E-state index in [9.17, 15) is 4.79 Å². The normalized spacial score (nSPS) is 20.1. The molecule has 0 saturated carbocycles. The summed E-state index contributed by atoms with van der Waals surface area (Å²) >= 11 is 0. The Labute approximate surface area is 98.2 Å². The summed E-state index contributed by atoms with van der Waals surface area (Å²) in [7, 11) is 0. The third-order valence-electron chi connectivity index (χ3n) is 3.21. The van der Waals surface area contributed by atoms with E-state index in [2.05, 4.69) is 4.98 Å². The zero-order valence-corrected chi connectivity index (χ0v) is 9.48. The van der Waals surface area contributed by atoms with Crippen molar-refractivity contribution >= 4 is 16.7 Å². The molecule has 1 aromatic heterocycles. The first-order chi connectivity index (χ1) is 8.24. The fraction of sp³-hybridized carbons (Fsp3) is 0.417. The maximum Gasteiger partial charge on any atom is 0.326 e. The number of H-pyrrole nitrogens is 1. The van der Waals surface area contributed by atoms with E-state index in [1.807, 2.05) is 12.1 Å². The van der Waals surface area contributed by atoms with Gasteiger partial charge < -0.3 is 15.5 Å². The van der Waals surface area contributed by atoms with Crippen LogP contribution >= 0.6 is 0 Å². The SMILES string of the molecule is Nc1ccc2c(c1)[nH]c(=O)n2CC1CCCO1. The monoisotopic (exact) mass is 233 g/mol. The van der Waals surface area contributed by atoms with Crippen LogP contribution in [0.5, 0.6) is 0 Å². The zero-order valence-electron chi connectivity index (χ0n) is 9.48. The number of hydrogen-bond donors (Lipinski definition) is 2. The molecule has 1 saturated heterocycles. The molecule has 1 aromatic carbocycles. The van der Waals surface area contributed by atoms with Crippen LogP contribution in [0.2, 0.25) is 0 Å². The maximum absolute atomic E-state index is 11.8. The van der Waals surface area contributed by atoms with Gasteiger partial charge in [-0.25, -0.2) is 4.79 Å². The lowest BCUT2D eigenvalue weighted by Crippen LogP contribution is -2.24. The van der Waals surface area contributed by atoms with Crippen molar-refractivity contribution < 1.29 is 4.74 Å². The summed E-state index contributed by atoms with van der Waals surface area (Å²) in [6, 6.07) is 5.46. The standard InChI is InChI=1S/C12H15N3O2/c13-8-3-4-11-10(6-8)14-12(16)15(11)7-9-2-1-5-17-9/h3-4,6,9H,1-2,5,7,13H2,(H,14,16). The van der Waals surface area contributed by atoms with Crippen LogP contribution in [0, 0.1) is 0 Å². The van der Waals surface area contributed by atoms with E-state index in [1.54, 1.807) is 10.6 Å². The van der Waals surface area contributed by atoms with E-state index in [-0.39, 0.29) is 11.8 Å². The van der Waals surface area contributed by atoms with Crippen molar-refractivity contribution in [3.8, 4) is 0 Å². The summed E-state index contributed by atoms with van der Waals surface area (Å²) in [5.74, 6) is 0. The van der Waals surface area contributed by atoms with Crippen LogP contribution in [-0.2, 0) is 11.3 Å². The molecule has 0 spiro atoms. The quantitative estimate of drug-likeness (QED) is 0.763. The number of aromatic amines is 1. The van der Waals surface area contributed by atoms with Gasteiger partial charge in [-0.15, -0.1) is 0 Å². The summed E-state index contributed by atoms with van der Waals surface area (Å²) in [6.07, 6.45) is 2.26. The third kappa shape index (κ3) is 1.82. The predicted molar refractivity (Wildman–Crippen MR) is 65.9 cm³/mol. The molecule has 2 heterocycles. The maximum atomic E-state index is 11.8. The molecular weight excluding hydrogens is 218 g/mol. The molecule has 1 aliphatic heterocycles. The van der Waals surface area contributed by atoms with Gasteiger partial charge in [-0.05, 0) is 31.0 Å². The number of anilines is 1. The first-order valence-corrected chi connectivity index (χ1v) is 5.84. The first-order valence-electron chi connectivity index (χ1n) is 5.84. The number of nitrogens with two attached hydrogens (primary N) is 1. The number of aromatic nitrogens is 2. The van der Waals surface area contributed by atoms with E-state index >= 15 is 0 Å². The van der Waals surface area contributed by atoms with Crippen LogP contribution in [0.1, 0.15) is 12.8 Å². The van der Waals surface area contributed by atoms with Crippen LogP contribution in [0.4, 0.5) is 5.69 Å². The van der Waals surface area contributed by atoms with E-state index in [1.165, 1.54) is 0 Å². The average molecular weight is 233 g/mol. The number of ether oxygens (including phenoxy) is 1. The minimum Gasteiger partial charge on any atom is -0.399 e. The highest BCUT2D eigenvalue weighted by Gasteiger charge is 2.18. The topological polar surface area (TPSA) is 73.0 Å². The summed E-state index contributed by atoms with van der Waals surface area (Å²) in [6.45, 7) is 1.41. The Bertz CT molecular complexity index is 593. The number of fused-ring (bicyclic) bond motifs is 1. The van der Waals surface area contributed by atoms with Crippen LogP contribution in [0.3, 0.4) is 0 Å². The average Bonchev–Trinajstić information content (AvgIpc) is 2.88. The molecule has 1 aliphatic rings. The molecule has 17 heavy (non-hydrogen) atoms. The minimum atomic E-state index is -0.0962. The molecule has 2 aromatic rings. The summed E-state index contributed by atoms with van der Waals surface area (Å²) < 4.78 is 7.28. The number of nitrogen functional groups attached to an aromatic ring is 1. The Morgan fingerprint density at radius 1 is 1.53 bits per heavy atom. The van der Waals surface area contributed by atoms with Crippen molar-refractivity contribution in [2.24, 2.45) is 0 Å². The molecule has 0 radical (unpaired) electrons. The van der Waals surface area contributed by atoms with Gasteiger partial charge >= 0.3 is 5.69 Å². The molecule has 5 nitrogen and oxygen atoms in total. The molecule has 0 aliphatic carbocycles.